The van der Waals surface area contributed by atoms with Gasteiger partial charge in [-0.3, -0.25) is 0 Å². The first-order valence-electron chi connectivity index (χ1n) is 8.37. The molecule has 1 saturated carbocycles. The smallest absolute Gasteiger partial charge is 0.0655 e. The molecule has 21 heavy (non-hydrogen) atoms. The fourth-order valence-corrected chi connectivity index (χ4v) is 3.35. The molecule has 2 rings (SSSR count). The zero-order valence-corrected chi connectivity index (χ0v) is 14.2. The SMILES string of the molecule is CCOC1CC(NC(CC(C)C)c2ccccc2)C1(C)C. The van der Waals surface area contributed by atoms with E-state index in [4.69, 9.17) is 4.74 Å². The van der Waals surface area contributed by atoms with Crippen LogP contribution in [0, 0.1) is 11.3 Å². The maximum absolute atomic E-state index is 5.85. The molecule has 2 nitrogen and oxygen atoms in total. The lowest BCUT2D eigenvalue weighted by Gasteiger charge is -2.53. The highest BCUT2D eigenvalue weighted by Crippen LogP contribution is 2.44. The monoisotopic (exact) mass is 289 g/mol. The Morgan fingerprint density at radius 3 is 2.43 bits per heavy atom. The predicted octanol–water partition coefficient (Wildman–Crippen LogP) is 4.57. The van der Waals surface area contributed by atoms with Gasteiger partial charge in [-0.2, -0.15) is 0 Å². The van der Waals surface area contributed by atoms with Crippen molar-refractivity contribution in [2.24, 2.45) is 11.3 Å². The summed E-state index contributed by atoms with van der Waals surface area (Å²) in [5.41, 5.74) is 1.63. The van der Waals surface area contributed by atoms with E-state index in [2.05, 4.69) is 70.3 Å². The van der Waals surface area contributed by atoms with Gasteiger partial charge in [0.25, 0.3) is 0 Å². The van der Waals surface area contributed by atoms with Crippen LogP contribution in [0.5, 0.6) is 0 Å². The van der Waals surface area contributed by atoms with Gasteiger partial charge in [-0.15, -0.1) is 0 Å². The number of nitrogens with one attached hydrogen (secondary N) is 1. The summed E-state index contributed by atoms with van der Waals surface area (Å²) in [7, 11) is 0. The third kappa shape index (κ3) is 3.87. The minimum atomic E-state index is 0.222. The molecule has 1 aliphatic rings. The molecule has 0 bridgehead atoms. The van der Waals surface area contributed by atoms with Crippen molar-refractivity contribution < 1.29 is 4.74 Å². The van der Waals surface area contributed by atoms with Gasteiger partial charge in [0.05, 0.1) is 6.10 Å². The molecule has 1 aromatic carbocycles. The molecule has 3 unspecified atom stereocenters. The quantitative estimate of drug-likeness (QED) is 0.794. The molecule has 0 heterocycles. The van der Waals surface area contributed by atoms with E-state index in [-0.39, 0.29) is 5.41 Å². The second kappa shape index (κ2) is 6.93. The van der Waals surface area contributed by atoms with Gasteiger partial charge in [-0.25, -0.2) is 0 Å². The number of hydrogen-bond acceptors (Lipinski definition) is 2. The Morgan fingerprint density at radius 2 is 1.90 bits per heavy atom. The zero-order chi connectivity index (χ0) is 15.5. The zero-order valence-electron chi connectivity index (χ0n) is 14.2. The maximum atomic E-state index is 5.85. The number of hydrogen-bond donors (Lipinski definition) is 1. The number of ether oxygens (including phenoxy) is 1. The van der Waals surface area contributed by atoms with Gasteiger partial charge >= 0.3 is 0 Å². The largest absolute Gasteiger partial charge is 0.378 e. The van der Waals surface area contributed by atoms with Crippen molar-refractivity contribution in [1.29, 1.82) is 0 Å². The third-order valence-electron chi connectivity index (χ3n) is 4.86. The Balaban J connectivity index is 2.04. The second-order valence-corrected chi connectivity index (χ2v) is 7.31. The van der Waals surface area contributed by atoms with Crippen molar-refractivity contribution in [2.45, 2.75) is 65.6 Å². The predicted molar refractivity (Wildman–Crippen MR) is 89.4 cm³/mol. The highest BCUT2D eigenvalue weighted by molar-refractivity contribution is 5.20. The van der Waals surface area contributed by atoms with E-state index >= 15 is 0 Å². The van der Waals surface area contributed by atoms with Crippen LogP contribution < -0.4 is 5.32 Å². The van der Waals surface area contributed by atoms with E-state index in [0.717, 1.165) is 13.0 Å². The Kier molecular flexibility index (Phi) is 5.45. The van der Waals surface area contributed by atoms with Crippen LogP contribution in [0.15, 0.2) is 30.3 Å². The van der Waals surface area contributed by atoms with Gasteiger partial charge in [0.1, 0.15) is 0 Å². The Morgan fingerprint density at radius 1 is 1.24 bits per heavy atom. The standard InChI is InChI=1S/C19H31NO/c1-6-21-18-13-17(19(18,4)5)20-16(12-14(2)3)15-10-8-7-9-11-15/h7-11,14,16-18,20H,6,12-13H2,1-5H3. The summed E-state index contributed by atoms with van der Waals surface area (Å²) >= 11 is 0. The molecule has 1 N–H and O–H groups in total. The molecule has 1 aliphatic carbocycles. The van der Waals surface area contributed by atoms with Gasteiger partial charge in [-0.05, 0) is 31.2 Å². The molecule has 0 spiro atoms. The van der Waals surface area contributed by atoms with Gasteiger partial charge in [-0.1, -0.05) is 58.0 Å². The van der Waals surface area contributed by atoms with Crippen LogP contribution in [-0.2, 0) is 4.74 Å². The molecule has 0 aromatic heterocycles. The van der Waals surface area contributed by atoms with E-state index in [1.807, 2.05) is 0 Å². The Hall–Kier alpha value is -0.860. The molecule has 0 radical (unpaired) electrons. The van der Waals surface area contributed by atoms with E-state index < -0.39 is 0 Å². The molecular formula is C19H31NO. The minimum absolute atomic E-state index is 0.222. The minimum Gasteiger partial charge on any atom is -0.378 e. The highest BCUT2D eigenvalue weighted by Gasteiger charge is 2.49. The van der Waals surface area contributed by atoms with Gasteiger partial charge in [0.2, 0.25) is 0 Å². The van der Waals surface area contributed by atoms with Crippen LogP contribution in [0.1, 0.15) is 59.1 Å². The topological polar surface area (TPSA) is 21.3 Å². The van der Waals surface area contributed by atoms with E-state index in [9.17, 15) is 0 Å². The molecule has 3 atom stereocenters. The molecule has 0 amide bonds. The van der Waals surface area contributed by atoms with Crippen LogP contribution in [0.2, 0.25) is 0 Å². The van der Waals surface area contributed by atoms with Crippen molar-refractivity contribution in [3.05, 3.63) is 35.9 Å². The second-order valence-electron chi connectivity index (χ2n) is 7.31. The fourth-order valence-electron chi connectivity index (χ4n) is 3.35. The Labute approximate surface area is 130 Å². The molecule has 1 aromatic rings. The van der Waals surface area contributed by atoms with Crippen LogP contribution in [0.25, 0.3) is 0 Å². The summed E-state index contributed by atoms with van der Waals surface area (Å²) in [5.74, 6) is 0.689. The summed E-state index contributed by atoms with van der Waals surface area (Å²) in [6.07, 6.45) is 2.70. The first-order valence-corrected chi connectivity index (χ1v) is 8.37. The van der Waals surface area contributed by atoms with Crippen molar-refractivity contribution in [3.63, 3.8) is 0 Å². The third-order valence-corrected chi connectivity index (χ3v) is 4.86. The average molecular weight is 289 g/mol. The molecule has 1 fully saturated rings. The van der Waals surface area contributed by atoms with E-state index in [1.54, 1.807) is 0 Å². The normalized spacial score (nSPS) is 25.6. The maximum Gasteiger partial charge on any atom is 0.0655 e. The first-order chi connectivity index (χ1) is 9.95. The summed E-state index contributed by atoms with van der Waals surface area (Å²) in [4.78, 5) is 0. The molecule has 118 valence electrons. The van der Waals surface area contributed by atoms with Crippen molar-refractivity contribution in [1.82, 2.24) is 5.32 Å². The molecular weight excluding hydrogens is 258 g/mol. The molecule has 0 saturated heterocycles. The van der Waals surface area contributed by atoms with Gasteiger partial charge in [0.15, 0.2) is 0 Å². The fraction of sp³-hybridized carbons (Fsp3) is 0.684. The van der Waals surface area contributed by atoms with Gasteiger partial charge in [0, 0.05) is 24.1 Å². The summed E-state index contributed by atoms with van der Waals surface area (Å²) < 4.78 is 5.85. The highest BCUT2D eigenvalue weighted by atomic mass is 16.5. The molecule has 0 aliphatic heterocycles. The van der Waals surface area contributed by atoms with Crippen LogP contribution in [0.4, 0.5) is 0 Å². The van der Waals surface area contributed by atoms with Crippen molar-refractivity contribution in [2.75, 3.05) is 6.61 Å². The summed E-state index contributed by atoms with van der Waals surface area (Å²) in [6.45, 7) is 12.1. The lowest BCUT2D eigenvalue weighted by Crippen LogP contribution is -2.61. The lowest BCUT2D eigenvalue weighted by molar-refractivity contribution is -0.117. The van der Waals surface area contributed by atoms with Gasteiger partial charge < -0.3 is 10.1 Å². The van der Waals surface area contributed by atoms with Crippen LogP contribution in [-0.4, -0.2) is 18.8 Å². The Bertz CT molecular complexity index is 426. The van der Waals surface area contributed by atoms with Crippen molar-refractivity contribution >= 4 is 0 Å². The number of benzene rings is 1. The van der Waals surface area contributed by atoms with E-state index in [1.165, 1.54) is 12.0 Å². The van der Waals surface area contributed by atoms with Crippen molar-refractivity contribution in [3.8, 4) is 0 Å². The molecule has 2 heteroatoms. The number of rotatable bonds is 7. The first kappa shape index (κ1) is 16.5. The summed E-state index contributed by atoms with van der Waals surface area (Å²) in [6, 6.07) is 11.8. The van der Waals surface area contributed by atoms with Crippen LogP contribution in [0.3, 0.4) is 0 Å². The summed E-state index contributed by atoms with van der Waals surface area (Å²) in [5, 5.41) is 3.90. The average Bonchev–Trinajstić information content (AvgIpc) is 2.45. The van der Waals surface area contributed by atoms with Crippen LogP contribution >= 0.6 is 0 Å². The van der Waals surface area contributed by atoms with E-state index in [0.29, 0.717) is 24.1 Å². The lowest BCUT2D eigenvalue weighted by atomic mass is 9.64.